The third-order valence-corrected chi connectivity index (χ3v) is 4.73. The second kappa shape index (κ2) is 6.52. The van der Waals surface area contributed by atoms with Crippen molar-refractivity contribution < 1.29 is 14.4 Å². The number of Topliss-reactive ketones (excluding diaryl/α,β-unsaturated/α-hetero) is 3. The van der Waals surface area contributed by atoms with E-state index in [1.807, 2.05) is 32.0 Å². The van der Waals surface area contributed by atoms with Crippen molar-refractivity contribution >= 4 is 17.3 Å². The maximum atomic E-state index is 12.6. The highest BCUT2D eigenvalue weighted by Crippen LogP contribution is 2.35. The highest BCUT2D eigenvalue weighted by molar-refractivity contribution is 6.25. The van der Waals surface area contributed by atoms with Gasteiger partial charge in [0.15, 0.2) is 17.3 Å². The van der Waals surface area contributed by atoms with E-state index in [9.17, 15) is 14.4 Å². The van der Waals surface area contributed by atoms with Crippen molar-refractivity contribution in [3.05, 3.63) is 70.8 Å². The lowest BCUT2D eigenvalue weighted by atomic mass is 9.73. The molecular weight excluding hydrogens is 300 g/mol. The third kappa shape index (κ3) is 3.07. The zero-order chi connectivity index (χ0) is 17.3. The summed E-state index contributed by atoms with van der Waals surface area (Å²) in [5.74, 6) is -2.14. The van der Waals surface area contributed by atoms with E-state index in [1.165, 1.54) is 0 Å². The average Bonchev–Trinajstić information content (AvgIpc) is 2.57. The van der Waals surface area contributed by atoms with E-state index in [1.54, 1.807) is 30.3 Å². The molecular formula is C21H20O3. The molecule has 0 saturated heterocycles. The zero-order valence-corrected chi connectivity index (χ0v) is 13.9. The largest absolute Gasteiger partial charge is 0.298 e. The first-order valence-corrected chi connectivity index (χ1v) is 8.19. The summed E-state index contributed by atoms with van der Waals surface area (Å²) in [5.41, 5.74) is 3.66. The molecule has 122 valence electrons. The van der Waals surface area contributed by atoms with Crippen LogP contribution in [0, 0.1) is 19.8 Å². The molecule has 0 bridgehead atoms. The molecule has 0 atom stereocenters. The highest BCUT2D eigenvalue weighted by Gasteiger charge is 2.41. The van der Waals surface area contributed by atoms with E-state index < -0.39 is 5.92 Å². The molecule has 3 heteroatoms. The predicted octanol–water partition coefficient (Wildman–Crippen LogP) is 3.82. The zero-order valence-electron chi connectivity index (χ0n) is 13.9. The Kier molecular flexibility index (Phi) is 4.43. The number of carbonyl (C=O) groups excluding carboxylic acids is 3. The molecule has 1 fully saturated rings. The number of benzene rings is 2. The van der Waals surface area contributed by atoms with Crippen molar-refractivity contribution in [3.8, 4) is 0 Å². The van der Waals surface area contributed by atoms with Gasteiger partial charge in [0.2, 0.25) is 0 Å². The summed E-state index contributed by atoms with van der Waals surface area (Å²) in [6.07, 6.45) is 0.499. The second-order valence-electron chi connectivity index (χ2n) is 6.56. The van der Waals surface area contributed by atoms with Gasteiger partial charge in [-0.1, -0.05) is 54.1 Å². The van der Waals surface area contributed by atoms with E-state index in [0.29, 0.717) is 5.56 Å². The lowest BCUT2D eigenvalue weighted by Gasteiger charge is -2.27. The summed E-state index contributed by atoms with van der Waals surface area (Å²) < 4.78 is 0. The SMILES string of the molecule is Cc1ccc(C)c(C2CC(=O)C(C(=O)c3ccccc3)C(=O)C2)c1. The minimum absolute atomic E-state index is 0.121. The van der Waals surface area contributed by atoms with Crippen LogP contribution in [0.4, 0.5) is 0 Å². The van der Waals surface area contributed by atoms with E-state index in [-0.39, 0.29) is 36.1 Å². The van der Waals surface area contributed by atoms with Crippen LogP contribution in [0.5, 0.6) is 0 Å². The number of hydrogen-bond donors (Lipinski definition) is 0. The maximum absolute atomic E-state index is 12.6. The van der Waals surface area contributed by atoms with Crippen LogP contribution in [0.3, 0.4) is 0 Å². The van der Waals surface area contributed by atoms with Gasteiger partial charge in [-0.15, -0.1) is 0 Å². The smallest absolute Gasteiger partial charge is 0.180 e. The molecule has 0 spiro atoms. The fourth-order valence-corrected chi connectivity index (χ4v) is 3.45. The molecule has 1 aliphatic carbocycles. The van der Waals surface area contributed by atoms with Crippen LogP contribution in [0.1, 0.15) is 45.8 Å². The topological polar surface area (TPSA) is 51.2 Å². The van der Waals surface area contributed by atoms with Crippen molar-refractivity contribution in [1.29, 1.82) is 0 Å². The first kappa shape index (κ1) is 16.3. The Labute approximate surface area is 141 Å². The normalized spacial score (nSPS) is 20.9. The summed E-state index contributed by atoms with van der Waals surface area (Å²) in [6, 6.07) is 14.7. The van der Waals surface area contributed by atoms with Gasteiger partial charge in [0.05, 0.1) is 0 Å². The maximum Gasteiger partial charge on any atom is 0.180 e. The molecule has 0 aliphatic heterocycles. The minimum Gasteiger partial charge on any atom is -0.298 e. The van der Waals surface area contributed by atoms with Crippen LogP contribution in [0.25, 0.3) is 0 Å². The number of ketones is 3. The summed E-state index contributed by atoms with van der Waals surface area (Å²) >= 11 is 0. The predicted molar refractivity (Wildman–Crippen MR) is 92.2 cm³/mol. The fourth-order valence-electron chi connectivity index (χ4n) is 3.45. The summed E-state index contributed by atoms with van der Waals surface area (Å²) in [6.45, 7) is 3.99. The number of aryl methyl sites for hydroxylation is 2. The molecule has 2 aromatic carbocycles. The third-order valence-electron chi connectivity index (χ3n) is 4.73. The molecule has 24 heavy (non-hydrogen) atoms. The molecule has 2 aromatic rings. The van der Waals surface area contributed by atoms with Gasteiger partial charge in [-0.2, -0.15) is 0 Å². The van der Waals surface area contributed by atoms with Gasteiger partial charge in [0, 0.05) is 18.4 Å². The van der Waals surface area contributed by atoms with Crippen molar-refractivity contribution in [1.82, 2.24) is 0 Å². The average molecular weight is 320 g/mol. The van der Waals surface area contributed by atoms with Crippen molar-refractivity contribution in [2.24, 2.45) is 5.92 Å². The summed E-state index contributed by atoms with van der Waals surface area (Å²) in [5, 5.41) is 0. The molecule has 0 amide bonds. The Balaban J connectivity index is 1.85. The molecule has 0 aromatic heterocycles. The first-order valence-electron chi connectivity index (χ1n) is 8.19. The molecule has 0 N–H and O–H groups in total. The van der Waals surface area contributed by atoms with Crippen LogP contribution >= 0.6 is 0 Å². The van der Waals surface area contributed by atoms with E-state index in [0.717, 1.165) is 16.7 Å². The Morgan fingerprint density at radius 2 is 1.54 bits per heavy atom. The van der Waals surface area contributed by atoms with Crippen LogP contribution < -0.4 is 0 Å². The Morgan fingerprint density at radius 3 is 2.17 bits per heavy atom. The van der Waals surface area contributed by atoms with Gasteiger partial charge in [-0.25, -0.2) is 0 Å². The van der Waals surface area contributed by atoms with Gasteiger partial charge >= 0.3 is 0 Å². The Morgan fingerprint density at radius 1 is 0.917 bits per heavy atom. The van der Waals surface area contributed by atoms with E-state index >= 15 is 0 Å². The summed E-state index contributed by atoms with van der Waals surface area (Å²) in [4.78, 5) is 37.7. The minimum atomic E-state index is -1.13. The molecule has 0 heterocycles. The van der Waals surface area contributed by atoms with Crippen molar-refractivity contribution in [2.75, 3.05) is 0 Å². The Bertz CT molecular complexity index is 787. The number of rotatable bonds is 3. The second-order valence-corrected chi connectivity index (χ2v) is 6.56. The van der Waals surface area contributed by atoms with E-state index in [4.69, 9.17) is 0 Å². The van der Waals surface area contributed by atoms with Crippen LogP contribution in [0.15, 0.2) is 48.5 Å². The molecule has 0 unspecified atom stereocenters. The lowest BCUT2D eigenvalue weighted by Crippen LogP contribution is -2.38. The number of carbonyl (C=O) groups is 3. The monoisotopic (exact) mass is 320 g/mol. The Hall–Kier alpha value is -2.55. The first-order chi connectivity index (χ1) is 11.5. The van der Waals surface area contributed by atoms with Gasteiger partial charge in [0.25, 0.3) is 0 Å². The van der Waals surface area contributed by atoms with Crippen LogP contribution in [-0.4, -0.2) is 17.3 Å². The molecule has 0 radical (unpaired) electrons. The van der Waals surface area contributed by atoms with Crippen LogP contribution in [-0.2, 0) is 9.59 Å². The number of hydrogen-bond acceptors (Lipinski definition) is 3. The van der Waals surface area contributed by atoms with Crippen molar-refractivity contribution in [3.63, 3.8) is 0 Å². The van der Waals surface area contributed by atoms with E-state index in [2.05, 4.69) is 0 Å². The summed E-state index contributed by atoms with van der Waals surface area (Å²) in [7, 11) is 0. The standard InChI is InChI=1S/C21H20O3/c1-13-8-9-14(2)17(10-13)16-11-18(22)20(19(23)12-16)21(24)15-6-4-3-5-7-15/h3-10,16,20H,11-12H2,1-2H3. The van der Waals surface area contributed by atoms with Gasteiger partial charge < -0.3 is 0 Å². The lowest BCUT2D eigenvalue weighted by molar-refractivity contribution is -0.133. The van der Waals surface area contributed by atoms with Crippen molar-refractivity contribution in [2.45, 2.75) is 32.6 Å². The van der Waals surface area contributed by atoms with Gasteiger partial charge in [0.1, 0.15) is 5.92 Å². The quantitative estimate of drug-likeness (QED) is 0.638. The van der Waals surface area contributed by atoms with Gasteiger partial charge in [-0.05, 0) is 30.9 Å². The molecule has 3 nitrogen and oxygen atoms in total. The molecule has 1 saturated carbocycles. The molecule has 3 rings (SSSR count). The van der Waals surface area contributed by atoms with Gasteiger partial charge in [-0.3, -0.25) is 14.4 Å². The van der Waals surface area contributed by atoms with Crippen LogP contribution in [0.2, 0.25) is 0 Å². The molecule has 1 aliphatic rings. The highest BCUT2D eigenvalue weighted by atomic mass is 16.2. The fraction of sp³-hybridized carbons (Fsp3) is 0.286.